The standard InChI is InChI=1S/C31H35N3O8/c1-34(2)24-19-12-16-11-18-22(20(35)13-17(27(18)41-3)14-33-10-9-15-7-5-4-6-8-15)25(36)21(16)28(38)30(19)31(40,42-30)23(26(24)37)29(32)39/h4-8,13,16,19,24,33,35,37-38,40H,9-12,14H2,1-3H3,(H2,32,39)/t16-,19-,24-,30-,31?/m0/s1. The Balaban J connectivity index is 1.37. The second-order valence-electron chi connectivity index (χ2n) is 11.7. The monoisotopic (exact) mass is 577 g/mol. The molecule has 1 spiro atoms. The second kappa shape index (κ2) is 9.84. The number of epoxide rings is 1. The van der Waals surface area contributed by atoms with Gasteiger partial charge in [0, 0.05) is 29.2 Å². The van der Waals surface area contributed by atoms with E-state index in [1.807, 2.05) is 18.2 Å². The second-order valence-corrected chi connectivity index (χ2v) is 11.7. The summed E-state index contributed by atoms with van der Waals surface area (Å²) < 4.78 is 11.5. The number of rotatable bonds is 8. The Hall–Kier alpha value is -3.90. The average Bonchev–Trinajstić information content (AvgIpc) is 3.57. The number of allylic oxidation sites excluding steroid dienone is 1. The van der Waals surface area contributed by atoms with Crippen LogP contribution in [-0.2, 0) is 28.9 Å². The average molecular weight is 578 g/mol. The van der Waals surface area contributed by atoms with Gasteiger partial charge in [-0.05, 0) is 57.5 Å². The Kier molecular flexibility index (Phi) is 6.61. The van der Waals surface area contributed by atoms with Gasteiger partial charge < -0.3 is 41.0 Å². The fraction of sp³-hybridized carbons (Fsp3) is 0.419. The summed E-state index contributed by atoms with van der Waals surface area (Å²) in [4.78, 5) is 27.9. The van der Waals surface area contributed by atoms with Crippen LogP contribution in [0.5, 0.6) is 11.5 Å². The third-order valence-corrected chi connectivity index (χ3v) is 9.21. The van der Waals surface area contributed by atoms with Gasteiger partial charge in [-0.3, -0.25) is 14.5 Å². The van der Waals surface area contributed by atoms with E-state index in [4.69, 9.17) is 15.2 Å². The van der Waals surface area contributed by atoms with Crippen molar-refractivity contribution in [2.24, 2.45) is 17.6 Å². The number of carbonyl (C=O) groups is 2. The Morgan fingerprint density at radius 2 is 1.93 bits per heavy atom. The number of amides is 1. The van der Waals surface area contributed by atoms with Crippen LogP contribution in [0.25, 0.3) is 0 Å². The highest BCUT2D eigenvalue weighted by atomic mass is 16.8. The molecule has 2 aromatic carbocycles. The molecule has 42 heavy (non-hydrogen) atoms. The number of methoxy groups -OCH3 is 1. The van der Waals surface area contributed by atoms with Crippen LogP contribution >= 0.6 is 0 Å². The molecule has 1 fully saturated rings. The van der Waals surface area contributed by atoms with Crippen LogP contribution in [0.4, 0.5) is 0 Å². The van der Waals surface area contributed by atoms with Gasteiger partial charge in [0.1, 0.15) is 28.6 Å². The number of hydrogen-bond donors (Lipinski definition) is 6. The van der Waals surface area contributed by atoms with Gasteiger partial charge >= 0.3 is 0 Å². The fourth-order valence-electron chi connectivity index (χ4n) is 7.46. The van der Waals surface area contributed by atoms with Crippen molar-refractivity contribution in [3.8, 4) is 11.5 Å². The van der Waals surface area contributed by atoms with Crippen LogP contribution in [-0.4, -0.2) is 82.2 Å². The first-order valence-electron chi connectivity index (χ1n) is 13.9. The SMILES string of the molecule is COc1c(CNCCc2ccccc2)cc(O)c2c1C[C@H]1C[C@H]3[C@H](N(C)C)C(O)=C(C(N)=O)C4(O)O[C@]34C(O)=C1C2=O. The number of nitrogens with zero attached hydrogens (tertiary/aromatic N) is 1. The normalized spacial score (nSPS) is 29.5. The number of benzene rings is 2. The number of aliphatic hydroxyl groups is 3. The molecule has 1 heterocycles. The largest absolute Gasteiger partial charge is 0.510 e. The number of aromatic hydroxyl groups is 1. The third kappa shape index (κ3) is 3.81. The molecule has 1 unspecified atom stereocenters. The maximum atomic E-state index is 14.0. The van der Waals surface area contributed by atoms with E-state index >= 15 is 0 Å². The third-order valence-electron chi connectivity index (χ3n) is 9.21. The first kappa shape index (κ1) is 28.2. The molecule has 11 nitrogen and oxygen atoms in total. The van der Waals surface area contributed by atoms with E-state index in [-0.39, 0.29) is 29.7 Å². The molecule has 7 N–H and O–H groups in total. The van der Waals surface area contributed by atoms with E-state index < -0.39 is 58.0 Å². The number of fused-ring (bicyclic) bond motifs is 2. The minimum atomic E-state index is -2.38. The fourth-order valence-corrected chi connectivity index (χ4v) is 7.46. The number of nitrogens with one attached hydrogen (secondary N) is 1. The molecule has 0 radical (unpaired) electrons. The zero-order chi connectivity index (χ0) is 30.1. The molecule has 3 aliphatic carbocycles. The zero-order valence-electron chi connectivity index (χ0n) is 23.7. The van der Waals surface area contributed by atoms with E-state index in [1.54, 1.807) is 19.0 Å². The summed E-state index contributed by atoms with van der Waals surface area (Å²) >= 11 is 0. The van der Waals surface area contributed by atoms with Gasteiger partial charge in [0.05, 0.1) is 18.7 Å². The van der Waals surface area contributed by atoms with E-state index in [9.17, 15) is 30.0 Å². The molecule has 0 aromatic heterocycles. The Labute approximate surface area is 242 Å². The van der Waals surface area contributed by atoms with Crippen LogP contribution in [0.1, 0.15) is 33.5 Å². The molecule has 2 aromatic rings. The van der Waals surface area contributed by atoms with E-state index in [0.29, 0.717) is 30.0 Å². The summed E-state index contributed by atoms with van der Waals surface area (Å²) in [5.41, 5.74) is 5.57. The van der Waals surface area contributed by atoms with Crippen molar-refractivity contribution in [3.63, 3.8) is 0 Å². The molecule has 0 bridgehead atoms. The zero-order valence-corrected chi connectivity index (χ0v) is 23.7. The highest BCUT2D eigenvalue weighted by Gasteiger charge is 2.84. The number of Topliss-reactive ketones (excluding diaryl/α,β-unsaturated/α-hetero) is 1. The molecule has 1 amide bonds. The maximum absolute atomic E-state index is 14.0. The van der Waals surface area contributed by atoms with Gasteiger partial charge in [-0.2, -0.15) is 0 Å². The van der Waals surface area contributed by atoms with E-state index in [2.05, 4.69) is 17.4 Å². The van der Waals surface area contributed by atoms with Gasteiger partial charge in [-0.25, -0.2) is 0 Å². The maximum Gasteiger partial charge on any atom is 0.253 e. The van der Waals surface area contributed by atoms with Gasteiger partial charge in [0.15, 0.2) is 11.4 Å². The number of nitrogens with two attached hydrogens (primary N) is 1. The predicted molar refractivity (Wildman–Crippen MR) is 151 cm³/mol. The van der Waals surface area contributed by atoms with Crippen LogP contribution in [0, 0.1) is 11.8 Å². The van der Waals surface area contributed by atoms with Gasteiger partial charge in [-0.1, -0.05) is 30.3 Å². The first-order chi connectivity index (χ1) is 20.0. The number of phenols is 1. The summed E-state index contributed by atoms with van der Waals surface area (Å²) in [5, 5.41) is 48.5. The van der Waals surface area contributed by atoms with Crippen molar-refractivity contribution in [2.75, 3.05) is 27.7 Å². The summed E-state index contributed by atoms with van der Waals surface area (Å²) in [6, 6.07) is 10.7. The van der Waals surface area contributed by atoms with E-state index in [1.165, 1.54) is 18.7 Å². The van der Waals surface area contributed by atoms with E-state index in [0.717, 1.165) is 6.42 Å². The molecule has 222 valence electrons. The van der Waals surface area contributed by atoms with Crippen molar-refractivity contribution in [1.29, 1.82) is 0 Å². The van der Waals surface area contributed by atoms with Crippen molar-refractivity contribution in [1.82, 2.24) is 10.2 Å². The Morgan fingerprint density at radius 3 is 2.57 bits per heavy atom. The van der Waals surface area contributed by atoms with Crippen LogP contribution in [0.2, 0.25) is 0 Å². The predicted octanol–water partition coefficient (Wildman–Crippen LogP) is 1.62. The van der Waals surface area contributed by atoms with Gasteiger partial charge in [-0.15, -0.1) is 0 Å². The number of aliphatic hydroxyl groups excluding tert-OH is 2. The van der Waals surface area contributed by atoms with Crippen LogP contribution < -0.4 is 15.8 Å². The smallest absolute Gasteiger partial charge is 0.253 e. The van der Waals surface area contributed by atoms with Crippen molar-refractivity contribution < 1.29 is 39.5 Å². The minimum Gasteiger partial charge on any atom is -0.510 e. The number of phenolic OH excluding ortho intramolecular Hbond substituents is 1. The van der Waals surface area contributed by atoms with Crippen molar-refractivity contribution in [2.45, 2.75) is 43.2 Å². The minimum absolute atomic E-state index is 0.00322. The molecule has 4 aliphatic rings. The molecular weight excluding hydrogens is 542 g/mol. The summed E-state index contributed by atoms with van der Waals surface area (Å²) in [6.45, 7) is 1.09. The number of primary amides is 1. The highest BCUT2D eigenvalue weighted by molar-refractivity contribution is 6.14. The topological polar surface area (TPSA) is 178 Å². The summed E-state index contributed by atoms with van der Waals surface area (Å²) in [6.07, 6.45) is 1.31. The molecule has 0 saturated carbocycles. The lowest BCUT2D eigenvalue weighted by Crippen LogP contribution is -2.57. The van der Waals surface area contributed by atoms with Crippen molar-refractivity contribution >= 4 is 11.7 Å². The number of likely N-dealkylation sites (N-methyl/N-ethyl adjacent to an activating group) is 1. The van der Waals surface area contributed by atoms with Crippen molar-refractivity contribution in [3.05, 3.63) is 81.3 Å². The molecule has 1 aliphatic heterocycles. The highest BCUT2D eigenvalue weighted by Crippen LogP contribution is 2.68. The molecule has 6 rings (SSSR count). The lowest BCUT2D eigenvalue weighted by Gasteiger charge is -2.45. The molecule has 5 atom stereocenters. The van der Waals surface area contributed by atoms with Crippen LogP contribution in [0.3, 0.4) is 0 Å². The number of ketones is 1. The Morgan fingerprint density at radius 1 is 1.21 bits per heavy atom. The Bertz CT molecular complexity index is 1550. The summed E-state index contributed by atoms with van der Waals surface area (Å²) in [5.74, 6) is -6.03. The van der Waals surface area contributed by atoms with Gasteiger partial charge in [0.25, 0.3) is 5.91 Å². The number of hydrogen-bond acceptors (Lipinski definition) is 10. The number of carbonyl (C=O) groups excluding carboxylic acids is 2. The molecular formula is C31H35N3O8. The van der Waals surface area contributed by atoms with Gasteiger partial charge in [0.2, 0.25) is 5.79 Å². The lowest BCUT2D eigenvalue weighted by molar-refractivity contribution is -0.117. The first-order valence-corrected chi connectivity index (χ1v) is 13.9. The molecule has 11 heteroatoms. The quantitative estimate of drug-likeness (QED) is 0.200. The molecule has 1 saturated heterocycles. The van der Waals surface area contributed by atoms with Crippen LogP contribution in [0.15, 0.2) is 59.1 Å². The number of ether oxygens (including phenoxy) is 2. The summed E-state index contributed by atoms with van der Waals surface area (Å²) in [7, 11) is 4.89. The lowest BCUT2D eigenvalue weighted by atomic mass is 9.60.